The van der Waals surface area contributed by atoms with Gasteiger partial charge in [0.2, 0.25) is 0 Å². The fraction of sp³-hybridized carbons (Fsp3) is 0.500. The fourth-order valence-electron chi connectivity index (χ4n) is 1.15. The van der Waals surface area contributed by atoms with Crippen LogP contribution in [0.1, 0.15) is 23.9 Å². The molecule has 1 aromatic heterocycles. The molecule has 1 rings (SSSR count). The lowest BCUT2D eigenvalue weighted by molar-refractivity contribution is -0.107. The maximum Gasteiger partial charge on any atom is 0.124 e. The van der Waals surface area contributed by atoms with Gasteiger partial charge in [-0.2, -0.15) is 5.10 Å². The highest BCUT2D eigenvalue weighted by atomic mass is 16.1. The largest absolute Gasteiger partial charge is 0.303 e. The monoisotopic (exact) mass is 152 g/mol. The molecule has 11 heavy (non-hydrogen) atoms. The third-order valence-electron chi connectivity index (χ3n) is 1.78. The quantitative estimate of drug-likeness (QED) is 0.657. The lowest BCUT2D eigenvalue weighted by atomic mass is 10.1. The van der Waals surface area contributed by atoms with Gasteiger partial charge in [-0.15, -0.1) is 0 Å². The van der Waals surface area contributed by atoms with Gasteiger partial charge in [0.25, 0.3) is 0 Å². The number of hydrogen-bond acceptors (Lipinski definition) is 2. The Morgan fingerprint density at radius 3 is 2.91 bits per heavy atom. The summed E-state index contributed by atoms with van der Waals surface area (Å²) in [6.07, 6.45) is 2.27. The number of aryl methyl sites for hydroxylation is 2. The molecule has 0 radical (unpaired) electrons. The highest BCUT2D eigenvalue weighted by Crippen LogP contribution is 2.10. The van der Waals surface area contributed by atoms with Crippen LogP contribution in [-0.2, 0) is 17.6 Å². The molecule has 0 saturated heterocycles. The normalized spacial score (nSPS) is 10.0. The molecule has 1 heterocycles. The second-order valence-corrected chi connectivity index (χ2v) is 2.50. The van der Waals surface area contributed by atoms with E-state index in [1.54, 1.807) is 0 Å². The van der Waals surface area contributed by atoms with Crippen molar-refractivity contribution in [2.45, 2.75) is 26.7 Å². The molecule has 3 nitrogen and oxygen atoms in total. The average molecular weight is 152 g/mol. The van der Waals surface area contributed by atoms with Crippen molar-refractivity contribution in [3.63, 3.8) is 0 Å². The Labute approximate surface area is 65.8 Å². The molecule has 0 bridgehead atoms. The summed E-state index contributed by atoms with van der Waals surface area (Å²) in [7, 11) is 0. The number of aldehydes is 1. The van der Waals surface area contributed by atoms with E-state index in [2.05, 4.69) is 10.2 Å². The number of rotatable bonds is 3. The summed E-state index contributed by atoms with van der Waals surface area (Å²) in [5.74, 6) is 0. The van der Waals surface area contributed by atoms with Crippen LogP contribution in [-0.4, -0.2) is 16.5 Å². The lowest BCUT2D eigenvalue weighted by Gasteiger charge is -1.93. The van der Waals surface area contributed by atoms with Crippen LogP contribution < -0.4 is 0 Å². The van der Waals surface area contributed by atoms with Gasteiger partial charge in [0.05, 0.1) is 5.69 Å². The predicted octanol–water partition coefficient (Wildman–Crippen LogP) is 1.02. The Balaban J connectivity index is 2.96. The minimum atomic E-state index is 0.478. The zero-order chi connectivity index (χ0) is 8.27. The van der Waals surface area contributed by atoms with Crippen LogP contribution in [0.3, 0.4) is 0 Å². The van der Waals surface area contributed by atoms with Crippen LogP contribution in [0.25, 0.3) is 0 Å². The molecule has 0 unspecified atom stereocenters. The van der Waals surface area contributed by atoms with E-state index in [0.717, 1.165) is 29.7 Å². The van der Waals surface area contributed by atoms with Crippen molar-refractivity contribution in [2.75, 3.05) is 0 Å². The number of carbonyl (C=O) groups excluding carboxylic acids is 1. The average Bonchev–Trinajstić information content (AvgIpc) is 2.34. The molecule has 0 atom stereocenters. The van der Waals surface area contributed by atoms with Crippen molar-refractivity contribution in [1.29, 1.82) is 0 Å². The zero-order valence-corrected chi connectivity index (χ0v) is 6.85. The van der Waals surface area contributed by atoms with E-state index < -0.39 is 0 Å². The third kappa shape index (κ3) is 1.48. The van der Waals surface area contributed by atoms with E-state index in [-0.39, 0.29) is 0 Å². The topological polar surface area (TPSA) is 45.8 Å². The second-order valence-electron chi connectivity index (χ2n) is 2.50. The van der Waals surface area contributed by atoms with Gasteiger partial charge in [0, 0.05) is 17.7 Å². The van der Waals surface area contributed by atoms with Gasteiger partial charge in [0.15, 0.2) is 0 Å². The molecule has 60 valence electrons. The van der Waals surface area contributed by atoms with Crippen molar-refractivity contribution in [1.82, 2.24) is 10.2 Å². The highest BCUT2D eigenvalue weighted by Gasteiger charge is 2.06. The summed E-state index contributed by atoms with van der Waals surface area (Å²) in [5.41, 5.74) is 3.08. The first-order valence-corrected chi connectivity index (χ1v) is 3.76. The van der Waals surface area contributed by atoms with E-state index in [1.165, 1.54) is 0 Å². The number of aromatic nitrogens is 2. The first-order chi connectivity index (χ1) is 5.29. The number of aromatic amines is 1. The van der Waals surface area contributed by atoms with Gasteiger partial charge in [-0.05, 0) is 13.3 Å². The molecular weight excluding hydrogens is 140 g/mol. The van der Waals surface area contributed by atoms with Crippen LogP contribution in [0, 0.1) is 6.92 Å². The van der Waals surface area contributed by atoms with Crippen LogP contribution >= 0.6 is 0 Å². The minimum Gasteiger partial charge on any atom is -0.303 e. The number of carbonyl (C=O) groups is 1. The summed E-state index contributed by atoms with van der Waals surface area (Å²) in [4.78, 5) is 10.3. The molecule has 0 spiro atoms. The van der Waals surface area contributed by atoms with Crippen LogP contribution in [0.2, 0.25) is 0 Å². The smallest absolute Gasteiger partial charge is 0.124 e. The van der Waals surface area contributed by atoms with E-state index >= 15 is 0 Å². The number of nitrogens with one attached hydrogen (secondary N) is 1. The van der Waals surface area contributed by atoms with E-state index in [4.69, 9.17) is 0 Å². The molecule has 0 amide bonds. The van der Waals surface area contributed by atoms with Crippen molar-refractivity contribution in [3.05, 3.63) is 17.0 Å². The summed E-state index contributed by atoms with van der Waals surface area (Å²) in [6, 6.07) is 0. The maximum absolute atomic E-state index is 10.3. The summed E-state index contributed by atoms with van der Waals surface area (Å²) >= 11 is 0. The Bertz CT molecular complexity index is 253. The fourth-order valence-corrected chi connectivity index (χ4v) is 1.15. The standard InChI is InChI=1S/C8H12N2O/c1-3-8-7(4-5-11)6(2)9-10-8/h5H,3-4H2,1-2H3,(H,9,10). The van der Waals surface area contributed by atoms with Gasteiger partial charge in [-0.1, -0.05) is 6.92 Å². The Kier molecular flexibility index (Phi) is 2.41. The summed E-state index contributed by atoms with van der Waals surface area (Å²) < 4.78 is 0. The Morgan fingerprint density at radius 1 is 1.64 bits per heavy atom. The molecule has 1 aromatic rings. The number of H-pyrrole nitrogens is 1. The minimum absolute atomic E-state index is 0.478. The first-order valence-electron chi connectivity index (χ1n) is 3.76. The molecule has 0 aliphatic heterocycles. The maximum atomic E-state index is 10.3. The highest BCUT2D eigenvalue weighted by molar-refractivity contribution is 5.56. The summed E-state index contributed by atoms with van der Waals surface area (Å²) in [6.45, 7) is 3.97. The second kappa shape index (κ2) is 3.32. The van der Waals surface area contributed by atoms with Gasteiger partial charge in [-0.3, -0.25) is 5.10 Å². The first kappa shape index (κ1) is 7.98. The zero-order valence-electron chi connectivity index (χ0n) is 6.85. The van der Waals surface area contributed by atoms with Crippen LogP contribution in [0.15, 0.2) is 0 Å². The van der Waals surface area contributed by atoms with Gasteiger partial charge >= 0.3 is 0 Å². The number of hydrogen-bond donors (Lipinski definition) is 1. The Hall–Kier alpha value is -1.12. The third-order valence-corrected chi connectivity index (χ3v) is 1.78. The van der Waals surface area contributed by atoms with E-state index in [9.17, 15) is 4.79 Å². The SMILES string of the molecule is CCc1n[nH]c(C)c1CC=O. The lowest BCUT2D eigenvalue weighted by Crippen LogP contribution is -1.92. The molecule has 1 N–H and O–H groups in total. The van der Waals surface area contributed by atoms with Gasteiger partial charge < -0.3 is 4.79 Å². The molecule has 0 fully saturated rings. The molecular formula is C8H12N2O. The van der Waals surface area contributed by atoms with Gasteiger partial charge in [0.1, 0.15) is 6.29 Å². The van der Waals surface area contributed by atoms with Crippen molar-refractivity contribution in [3.8, 4) is 0 Å². The van der Waals surface area contributed by atoms with E-state index in [0.29, 0.717) is 6.42 Å². The molecule has 3 heteroatoms. The summed E-state index contributed by atoms with van der Waals surface area (Å²) in [5, 5.41) is 6.93. The van der Waals surface area contributed by atoms with E-state index in [1.807, 2.05) is 13.8 Å². The van der Waals surface area contributed by atoms with Crippen molar-refractivity contribution >= 4 is 6.29 Å². The van der Waals surface area contributed by atoms with Crippen molar-refractivity contribution in [2.24, 2.45) is 0 Å². The number of nitrogens with zero attached hydrogens (tertiary/aromatic N) is 1. The van der Waals surface area contributed by atoms with Crippen LogP contribution in [0.4, 0.5) is 0 Å². The van der Waals surface area contributed by atoms with Gasteiger partial charge in [-0.25, -0.2) is 0 Å². The molecule has 0 aromatic carbocycles. The Morgan fingerprint density at radius 2 is 2.36 bits per heavy atom. The predicted molar refractivity (Wildman–Crippen MR) is 42.5 cm³/mol. The molecule has 0 aliphatic carbocycles. The molecule has 0 aliphatic rings. The van der Waals surface area contributed by atoms with Crippen molar-refractivity contribution < 1.29 is 4.79 Å². The van der Waals surface area contributed by atoms with Crippen LogP contribution in [0.5, 0.6) is 0 Å². The molecule has 0 saturated carbocycles.